The lowest BCUT2D eigenvalue weighted by atomic mass is 10.0. The number of aliphatic hydroxyl groups excluding tert-OH is 1. The van der Waals surface area contributed by atoms with Gasteiger partial charge in [-0.25, -0.2) is 4.39 Å². The predicted octanol–water partition coefficient (Wildman–Crippen LogP) is 2.74. The van der Waals surface area contributed by atoms with Gasteiger partial charge in [0, 0.05) is 6.54 Å². The zero-order chi connectivity index (χ0) is 14.8. The average molecular weight is 275 g/mol. The summed E-state index contributed by atoms with van der Waals surface area (Å²) in [5, 5.41) is 14.6. The highest BCUT2D eigenvalue weighted by molar-refractivity contribution is 5.84. The third kappa shape index (κ3) is 3.33. The summed E-state index contributed by atoms with van der Waals surface area (Å²) in [6.07, 6.45) is -0.856. The Kier molecular flexibility index (Phi) is 4.04. The van der Waals surface area contributed by atoms with Crippen LogP contribution in [0.15, 0.2) is 42.5 Å². The monoisotopic (exact) mass is 275 g/mol. The number of carbonyl (C=O) groups is 1. The van der Waals surface area contributed by atoms with Crippen LogP contribution in [0.3, 0.4) is 0 Å². The van der Waals surface area contributed by atoms with Crippen LogP contribution >= 0.6 is 0 Å². The van der Waals surface area contributed by atoms with Gasteiger partial charge in [-0.15, -0.1) is 0 Å². The van der Waals surface area contributed by atoms with Crippen molar-refractivity contribution in [2.45, 2.75) is 25.6 Å². The molecule has 0 aliphatic carbocycles. The average Bonchev–Trinajstić information content (AvgIpc) is 2.42. The minimum absolute atomic E-state index is 0.00940. The molecule has 106 valence electrons. The predicted molar refractivity (Wildman–Crippen MR) is 77.1 cm³/mol. The number of fused-ring (bicyclic) bond motifs is 1. The largest absolute Gasteiger partial charge is 0.387 e. The highest BCUT2D eigenvalue weighted by atomic mass is 19.1. The minimum Gasteiger partial charge on any atom is -0.387 e. The smallest absolute Gasteiger partial charge is 0.257 e. The first-order valence-corrected chi connectivity index (χ1v) is 6.52. The molecular formula is C16H18FNO2. The van der Waals surface area contributed by atoms with Crippen LogP contribution in [-0.4, -0.2) is 23.2 Å². The Morgan fingerprint density at radius 2 is 1.90 bits per heavy atom. The van der Waals surface area contributed by atoms with E-state index in [2.05, 4.69) is 5.32 Å². The standard InChI is InChI=1S/C16H18FNO2/c1-16(2,17)15(20)18-10-14(19)13-8-7-11-5-3-4-6-12(11)9-13/h3-9,14,19H,10H2,1-2H3,(H,18,20). The van der Waals surface area contributed by atoms with Gasteiger partial charge >= 0.3 is 0 Å². The van der Waals surface area contributed by atoms with E-state index in [4.69, 9.17) is 0 Å². The lowest BCUT2D eigenvalue weighted by Gasteiger charge is -2.17. The minimum atomic E-state index is -1.94. The number of carbonyl (C=O) groups excluding carboxylic acids is 1. The fourth-order valence-electron chi connectivity index (χ4n) is 1.93. The molecular weight excluding hydrogens is 257 g/mol. The van der Waals surface area contributed by atoms with E-state index in [1.54, 1.807) is 6.07 Å². The van der Waals surface area contributed by atoms with Crippen LogP contribution in [0.4, 0.5) is 4.39 Å². The van der Waals surface area contributed by atoms with Crippen LogP contribution in [0, 0.1) is 0 Å². The first kappa shape index (κ1) is 14.5. The van der Waals surface area contributed by atoms with Crippen LogP contribution in [0.1, 0.15) is 25.5 Å². The van der Waals surface area contributed by atoms with E-state index < -0.39 is 17.7 Å². The Labute approximate surface area is 117 Å². The molecule has 3 nitrogen and oxygen atoms in total. The van der Waals surface area contributed by atoms with E-state index in [-0.39, 0.29) is 6.54 Å². The van der Waals surface area contributed by atoms with Gasteiger partial charge in [0.05, 0.1) is 6.10 Å². The third-order valence-corrected chi connectivity index (χ3v) is 3.15. The fourth-order valence-corrected chi connectivity index (χ4v) is 1.93. The Hall–Kier alpha value is -1.94. The Bertz CT molecular complexity index is 619. The van der Waals surface area contributed by atoms with E-state index >= 15 is 0 Å². The van der Waals surface area contributed by atoms with Crippen molar-refractivity contribution in [1.82, 2.24) is 5.32 Å². The maximum absolute atomic E-state index is 13.3. The van der Waals surface area contributed by atoms with Gasteiger partial charge in [-0.1, -0.05) is 36.4 Å². The van der Waals surface area contributed by atoms with Crippen LogP contribution in [-0.2, 0) is 4.79 Å². The molecule has 1 atom stereocenters. The number of rotatable bonds is 4. The van der Waals surface area contributed by atoms with Crippen LogP contribution in [0.5, 0.6) is 0 Å². The summed E-state index contributed by atoms with van der Waals surface area (Å²) < 4.78 is 13.3. The van der Waals surface area contributed by atoms with Gasteiger partial charge in [0.2, 0.25) is 0 Å². The Balaban J connectivity index is 2.08. The molecule has 0 bridgehead atoms. The molecule has 4 heteroatoms. The van der Waals surface area contributed by atoms with Gasteiger partial charge in [0.1, 0.15) is 0 Å². The summed E-state index contributed by atoms with van der Waals surface area (Å²) in [4.78, 5) is 11.4. The van der Waals surface area contributed by atoms with Gasteiger partial charge in [0.15, 0.2) is 5.67 Å². The lowest BCUT2D eigenvalue weighted by molar-refractivity contribution is -0.131. The SMILES string of the molecule is CC(C)(F)C(=O)NCC(O)c1ccc2ccccc2c1. The summed E-state index contributed by atoms with van der Waals surface area (Å²) in [5.74, 6) is -0.725. The number of halogens is 1. The highest BCUT2D eigenvalue weighted by Gasteiger charge is 2.26. The van der Waals surface area contributed by atoms with Gasteiger partial charge < -0.3 is 10.4 Å². The second kappa shape index (κ2) is 5.59. The maximum Gasteiger partial charge on any atom is 0.257 e. The molecule has 0 aliphatic rings. The van der Waals surface area contributed by atoms with Crippen molar-refractivity contribution in [3.8, 4) is 0 Å². The van der Waals surface area contributed by atoms with Crippen LogP contribution in [0.2, 0.25) is 0 Å². The van der Waals surface area contributed by atoms with Gasteiger partial charge in [-0.3, -0.25) is 4.79 Å². The summed E-state index contributed by atoms with van der Waals surface area (Å²) in [7, 11) is 0. The molecule has 0 radical (unpaired) electrons. The van der Waals surface area contributed by atoms with Crippen molar-refractivity contribution >= 4 is 16.7 Å². The van der Waals surface area contributed by atoms with E-state index in [1.165, 1.54) is 13.8 Å². The van der Waals surface area contributed by atoms with Gasteiger partial charge in [0.25, 0.3) is 5.91 Å². The molecule has 0 heterocycles. The molecule has 0 aliphatic heterocycles. The summed E-state index contributed by atoms with van der Waals surface area (Å²) in [6.45, 7) is 2.36. The molecule has 1 amide bonds. The molecule has 0 saturated carbocycles. The molecule has 20 heavy (non-hydrogen) atoms. The van der Waals surface area contributed by atoms with E-state index in [1.807, 2.05) is 36.4 Å². The van der Waals surface area contributed by atoms with Crippen molar-refractivity contribution in [1.29, 1.82) is 0 Å². The lowest BCUT2D eigenvalue weighted by Crippen LogP contribution is -2.40. The molecule has 0 fully saturated rings. The number of hydrogen-bond donors (Lipinski definition) is 2. The first-order valence-electron chi connectivity index (χ1n) is 6.52. The van der Waals surface area contributed by atoms with E-state index in [0.29, 0.717) is 5.56 Å². The van der Waals surface area contributed by atoms with Crippen molar-refractivity contribution < 1.29 is 14.3 Å². The van der Waals surface area contributed by atoms with Crippen molar-refractivity contribution in [3.63, 3.8) is 0 Å². The maximum atomic E-state index is 13.3. The number of aliphatic hydroxyl groups is 1. The highest BCUT2D eigenvalue weighted by Crippen LogP contribution is 2.20. The van der Waals surface area contributed by atoms with Crippen LogP contribution in [0.25, 0.3) is 10.8 Å². The topological polar surface area (TPSA) is 49.3 Å². The molecule has 0 spiro atoms. The number of hydrogen-bond acceptors (Lipinski definition) is 2. The van der Waals surface area contributed by atoms with Crippen molar-refractivity contribution in [3.05, 3.63) is 48.0 Å². The number of nitrogens with one attached hydrogen (secondary N) is 1. The molecule has 2 rings (SSSR count). The molecule has 2 N–H and O–H groups in total. The summed E-state index contributed by atoms with van der Waals surface area (Å²) in [6, 6.07) is 13.4. The third-order valence-electron chi connectivity index (χ3n) is 3.15. The Morgan fingerprint density at radius 3 is 2.55 bits per heavy atom. The molecule has 2 aromatic carbocycles. The molecule has 2 aromatic rings. The summed E-state index contributed by atoms with van der Waals surface area (Å²) >= 11 is 0. The van der Waals surface area contributed by atoms with Crippen molar-refractivity contribution in [2.24, 2.45) is 0 Å². The normalized spacial score (nSPS) is 13.2. The number of amides is 1. The van der Waals surface area contributed by atoms with E-state index in [9.17, 15) is 14.3 Å². The van der Waals surface area contributed by atoms with E-state index in [0.717, 1.165) is 10.8 Å². The molecule has 1 unspecified atom stereocenters. The zero-order valence-electron chi connectivity index (χ0n) is 11.6. The number of alkyl halides is 1. The quantitative estimate of drug-likeness (QED) is 0.901. The van der Waals surface area contributed by atoms with Gasteiger partial charge in [-0.05, 0) is 36.2 Å². The second-order valence-corrected chi connectivity index (χ2v) is 5.30. The van der Waals surface area contributed by atoms with Crippen molar-refractivity contribution in [2.75, 3.05) is 6.54 Å². The first-order chi connectivity index (χ1) is 9.38. The zero-order valence-corrected chi connectivity index (χ0v) is 11.6. The van der Waals surface area contributed by atoms with Gasteiger partial charge in [-0.2, -0.15) is 0 Å². The molecule has 0 aromatic heterocycles. The number of benzene rings is 2. The second-order valence-electron chi connectivity index (χ2n) is 5.30. The van der Waals surface area contributed by atoms with Crippen LogP contribution < -0.4 is 5.32 Å². The summed E-state index contributed by atoms with van der Waals surface area (Å²) in [5.41, 5.74) is -1.25. The fraction of sp³-hybridized carbons (Fsp3) is 0.312. The Morgan fingerprint density at radius 1 is 1.25 bits per heavy atom. The molecule has 0 saturated heterocycles.